The molecule has 28 heavy (non-hydrogen) atoms. The summed E-state index contributed by atoms with van der Waals surface area (Å²) in [6, 6.07) is 14.5. The fraction of sp³-hybridized carbons (Fsp3) is 0.200. The standard InChI is InChI=1S/C20H18BrF3N4/c1-3-13-4-8-15(9-5-13)26-19-25-12-17(20(22,23)24)18(27-19)28(2)16-10-6-14(21)7-11-16/h4-12H,3H2,1-2H3,(H,25,26,27). The second kappa shape index (κ2) is 8.18. The molecule has 1 heterocycles. The molecule has 4 nitrogen and oxygen atoms in total. The van der Waals surface area contributed by atoms with E-state index in [2.05, 4.69) is 31.2 Å². The van der Waals surface area contributed by atoms with Crippen molar-refractivity contribution in [3.05, 3.63) is 70.3 Å². The predicted octanol–water partition coefficient (Wildman–Crippen LogP) is 6.33. The molecular weight excluding hydrogens is 433 g/mol. The van der Waals surface area contributed by atoms with Crippen molar-refractivity contribution >= 4 is 39.1 Å². The fourth-order valence-corrected chi connectivity index (χ4v) is 2.89. The summed E-state index contributed by atoms with van der Waals surface area (Å²) in [5.41, 5.74) is 1.54. The lowest BCUT2D eigenvalue weighted by molar-refractivity contribution is -0.137. The van der Waals surface area contributed by atoms with E-state index < -0.39 is 11.7 Å². The van der Waals surface area contributed by atoms with E-state index in [4.69, 9.17) is 0 Å². The Morgan fingerprint density at radius 2 is 1.68 bits per heavy atom. The van der Waals surface area contributed by atoms with Gasteiger partial charge in [0, 0.05) is 29.1 Å². The Hall–Kier alpha value is -2.61. The molecule has 8 heteroatoms. The molecule has 0 atom stereocenters. The van der Waals surface area contributed by atoms with Gasteiger partial charge in [-0.1, -0.05) is 35.0 Å². The maximum absolute atomic E-state index is 13.5. The van der Waals surface area contributed by atoms with E-state index in [0.717, 1.165) is 22.7 Å². The molecule has 0 amide bonds. The maximum atomic E-state index is 13.5. The number of halogens is 4. The Morgan fingerprint density at radius 3 is 2.25 bits per heavy atom. The Bertz CT molecular complexity index is 941. The van der Waals surface area contributed by atoms with Crippen molar-refractivity contribution in [3.8, 4) is 0 Å². The zero-order chi connectivity index (χ0) is 20.3. The topological polar surface area (TPSA) is 41.1 Å². The average Bonchev–Trinajstić information content (AvgIpc) is 2.68. The summed E-state index contributed by atoms with van der Waals surface area (Å²) in [5.74, 6) is -0.131. The Balaban J connectivity index is 1.97. The molecule has 0 bridgehead atoms. The molecule has 3 rings (SSSR count). The van der Waals surface area contributed by atoms with E-state index in [1.807, 2.05) is 31.2 Å². The van der Waals surface area contributed by atoms with Gasteiger partial charge in [0.25, 0.3) is 0 Å². The number of hydrogen-bond acceptors (Lipinski definition) is 4. The summed E-state index contributed by atoms with van der Waals surface area (Å²) in [5, 5.41) is 2.97. The third-order valence-electron chi connectivity index (χ3n) is 4.22. The molecule has 1 aromatic heterocycles. The van der Waals surface area contributed by atoms with Gasteiger partial charge in [-0.25, -0.2) is 4.98 Å². The lowest BCUT2D eigenvalue weighted by atomic mass is 10.1. The monoisotopic (exact) mass is 450 g/mol. The van der Waals surface area contributed by atoms with Crippen molar-refractivity contribution in [1.29, 1.82) is 0 Å². The summed E-state index contributed by atoms with van der Waals surface area (Å²) >= 11 is 3.32. The number of anilines is 4. The van der Waals surface area contributed by atoms with E-state index in [0.29, 0.717) is 11.4 Å². The highest BCUT2D eigenvalue weighted by molar-refractivity contribution is 9.10. The molecular formula is C20H18BrF3N4. The number of benzene rings is 2. The summed E-state index contributed by atoms with van der Waals surface area (Å²) in [4.78, 5) is 9.40. The van der Waals surface area contributed by atoms with Crippen LogP contribution in [0.3, 0.4) is 0 Å². The molecule has 0 spiro atoms. The highest BCUT2D eigenvalue weighted by Gasteiger charge is 2.36. The Labute approximate surface area is 169 Å². The SMILES string of the molecule is CCc1ccc(Nc2ncc(C(F)(F)F)c(N(C)c3ccc(Br)cc3)n2)cc1. The largest absolute Gasteiger partial charge is 0.421 e. The highest BCUT2D eigenvalue weighted by Crippen LogP contribution is 2.37. The first-order valence-corrected chi connectivity index (χ1v) is 9.36. The van der Waals surface area contributed by atoms with Crippen molar-refractivity contribution in [2.24, 2.45) is 0 Å². The molecule has 0 unspecified atom stereocenters. The number of alkyl halides is 3. The molecule has 2 aromatic carbocycles. The summed E-state index contributed by atoms with van der Waals surface area (Å²) in [6.45, 7) is 2.05. The van der Waals surface area contributed by atoms with Gasteiger partial charge in [-0.15, -0.1) is 0 Å². The number of aryl methyl sites for hydroxylation is 1. The first-order chi connectivity index (χ1) is 13.3. The minimum absolute atomic E-state index is 0.0937. The lowest BCUT2D eigenvalue weighted by Crippen LogP contribution is -2.19. The number of aromatic nitrogens is 2. The van der Waals surface area contributed by atoms with Crippen LogP contribution in [0.25, 0.3) is 0 Å². The molecule has 1 N–H and O–H groups in total. The van der Waals surface area contributed by atoms with Crippen molar-refractivity contribution in [2.75, 3.05) is 17.3 Å². The van der Waals surface area contributed by atoms with Crippen molar-refractivity contribution in [1.82, 2.24) is 9.97 Å². The van der Waals surface area contributed by atoms with Crippen molar-refractivity contribution in [3.63, 3.8) is 0 Å². The summed E-state index contributed by atoms with van der Waals surface area (Å²) in [7, 11) is 1.54. The number of nitrogens with one attached hydrogen (secondary N) is 1. The lowest BCUT2D eigenvalue weighted by Gasteiger charge is -2.23. The van der Waals surface area contributed by atoms with Gasteiger partial charge < -0.3 is 10.2 Å². The molecule has 0 saturated carbocycles. The number of nitrogens with zero attached hydrogens (tertiary/aromatic N) is 3. The van der Waals surface area contributed by atoms with Crippen LogP contribution in [0, 0.1) is 0 Å². The van der Waals surface area contributed by atoms with Gasteiger partial charge in [0.05, 0.1) is 0 Å². The van der Waals surface area contributed by atoms with Gasteiger partial charge in [0.15, 0.2) is 5.82 Å². The van der Waals surface area contributed by atoms with Gasteiger partial charge in [-0.05, 0) is 48.4 Å². The Kier molecular flexibility index (Phi) is 5.88. The third kappa shape index (κ3) is 4.62. The van der Waals surface area contributed by atoms with Crippen LogP contribution >= 0.6 is 15.9 Å². The first-order valence-electron chi connectivity index (χ1n) is 8.57. The van der Waals surface area contributed by atoms with Gasteiger partial charge in [0.2, 0.25) is 5.95 Å². The van der Waals surface area contributed by atoms with Crippen LogP contribution < -0.4 is 10.2 Å². The van der Waals surface area contributed by atoms with Crippen LogP contribution in [-0.4, -0.2) is 17.0 Å². The Morgan fingerprint density at radius 1 is 1.04 bits per heavy atom. The fourth-order valence-electron chi connectivity index (χ4n) is 2.63. The second-order valence-electron chi connectivity index (χ2n) is 6.14. The van der Waals surface area contributed by atoms with E-state index in [-0.39, 0.29) is 11.8 Å². The molecule has 0 aliphatic carbocycles. The molecule has 0 radical (unpaired) electrons. The van der Waals surface area contributed by atoms with E-state index in [1.165, 1.54) is 4.90 Å². The molecule has 3 aromatic rings. The number of hydrogen-bond donors (Lipinski definition) is 1. The van der Waals surface area contributed by atoms with Crippen LogP contribution in [0.2, 0.25) is 0 Å². The number of rotatable bonds is 5. The molecule has 0 saturated heterocycles. The normalized spacial score (nSPS) is 11.4. The van der Waals surface area contributed by atoms with Gasteiger partial charge >= 0.3 is 6.18 Å². The van der Waals surface area contributed by atoms with Crippen molar-refractivity contribution < 1.29 is 13.2 Å². The average molecular weight is 451 g/mol. The molecule has 0 aliphatic rings. The van der Waals surface area contributed by atoms with E-state index in [9.17, 15) is 13.2 Å². The molecule has 146 valence electrons. The molecule has 0 aliphatic heterocycles. The van der Waals surface area contributed by atoms with Crippen LogP contribution in [-0.2, 0) is 12.6 Å². The predicted molar refractivity (Wildman–Crippen MR) is 108 cm³/mol. The highest BCUT2D eigenvalue weighted by atomic mass is 79.9. The van der Waals surface area contributed by atoms with E-state index >= 15 is 0 Å². The smallest absolute Gasteiger partial charge is 0.329 e. The van der Waals surface area contributed by atoms with Crippen LogP contribution in [0.1, 0.15) is 18.1 Å². The second-order valence-corrected chi connectivity index (χ2v) is 7.06. The minimum atomic E-state index is -4.57. The maximum Gasteiger partial charge on any atom is 0.421 e. The van der Waals surface area contributed by atoms with Gasteiger partial charge in [0.1, 0.15) is 5.56 Å². The summed E-state index contributed by atoms with van der Waals surface area (Å²) in [6.07, 6.45) is -2.86. The first kappa shape index (κ1) is 20.1. The van der Waals surface area contributed by atoms with Crippen LogP contribution in [0.5, 0.6) is 0 Å². The van der Waals surface area contributed by atoms with Gasteiger partial charge in [-0.3, -0.25) is 0 Å². The van der Waals surface area contributed by atoms with Gasteiger partial charge in [-0.2, -0.15) is 18.2 Å². The zero-order valence-corrected chi connectivity index (χ0v) is 16.8. The molecule has 0 fully saturated rings. The van der Waals surface area contributed by atoms with Crippen LogP contribution in [0.15, 0.2) is 59.2 Å². The van der Waals surface area contributed by atoms with E-state index in [1.54, 1.807) is 31.3 Å². The van der Waals surface area contributed by atoms with Crippen LogP contribution in [0.4, 0.5) is 36.3 Å². The van der Waals surface area contributed by atoms with Crippen molar-refractivity contribution in [2.45, 2.75) is 19.5 Å². The summed E-state index contributed by atoms with van der Waals surface area (Å²) < 4.78 is 41.3. The quantitative estimate of drug-likeness (QED) is 0.492. The minimum Gasteiger partial charge on any atom is -0.329 e. The third-order valence-corrected chi connectivity index (χ3v) is 4.75. The zero-order valence-electron chi connectivity index (χ0n) is 15.3.